The molecule has 2 N–H and O–H groups in total. The standard InChI is InChI=1S/C11H15NO2/c13-7-9-2-1-3-10(6-9)11-8-14-5-4-12-11/h1-3,6,11-13H,4-5,7-8H2/t11-/m1/s1. The molecule has 0 bridgehead atoms. The second kappa shape index (κ2) is 4.55. The van der Waals surface area contributed by atoms with Gasteiger partial charge in [0.1, 0.15) is 0 Å². The summed E-state index contributed by atoms with van der Waals surface area (Å²) in [6, 6.07) is 8.25. The molecule has 0 unspecified atom stereocenters. The lowest BCUT2D eigenvalue weighted by molar-refractivity contribution is 0.0768. The molecule has 1 aliphatic rings. The average molecular weight is 193 g/mol. The number of hydrogen-bond donors (Lipinski definition) is 2. The van der Waals surface area contributed by atoms with Crippen LogP contribution in [0.4, 0.5) is 0 Å². The van der Waals surface area contributed by atoms with Crippen LogP contribution in [0, 0.1) is 0 Å². The lowest BCUT2D eigenvalue weighted by Gasteiger charge is -2.24. The normalized spacial score (nSPS) is 22.2. The lowest BCUT2D eigenvalue weighted by Crippen LogP contribution is -2.34. The summed E-state index contributed by atoms with van der Waals surface area (Å²) < 4.78 is 5.39. The Bertz CT molecular complexity index is 295. The molecule has 1 saturated heterocycles. The molecule has 0 aliphatic carbocycles. The van der Waals surface area contributed by atoms with Crippen LogP contribution in [0.15, 0.2) is 24.3 Å². The maximum atomic E-state index is 9.01. The number of benzene rings is 1. The van der Waals surface area contributed by atoms with Crippen LogP contribution in [-0.4, -0.2) is 24.9 Å². The van der Waals surface area contributed by atoms with Crippen LogP contribution in [0.2, 0.25) is 0 Å². The van der Waals surface area contributed by atoms with Gasteiger partial charge >= 0.3 is 0 Å². The molecule has 1 atom stereocenters. The summed E-state index contributed by atoms with van der Waals surface area (Å²) in [7, 11) is 0. The minimum absolute atomic E-state index is 0.0986. The fourth-order valence-corrected chi connectivity index (χ4v) is 1.69. The third-order valence-electron chi connectivity index (χ3n) is 2.46. The van der Waals surface area contributed by atoms with E-state index in [9.17, 15) is 0 Å². The summed E-state index contributed by atoms with van der Waals surface area (Å²) in [5, 5.41) is 12.4. The predicted molar refractivity (Wildman–Crippen MR) is 53.9 cm³/mol. The van der Waals surface area contributed by atoms with Crippen molar-refractivity contribution in [1.82, 2.24) is 5.32 Å². The molecule has 0 amide bonds. The number of aliphatic hydroxyl groups excluding tert-OH is 1. The van der Waals surface area contributed by atoms with Gasteiger partial charge in [-0.2, -0.15) is 0 Å². The van der Waals surface area contributed by atoms with Crippen LogP contribution < -0.4 is 5.32 Å². The molecule has 3 nitrogen and oxygen atoms in total. The van der Waals surface area contributed by atoms with E-state index in [0.29, 0.717) is 0 Å². The fourth-order valence-electron chi connectivity index (χ4n) is 1.69. The van der Waals surface area contributed by atoms with Crippen molar-refractivity contribution in [2.75, 3.05) is 19.8 Å². The summed E-state index contributed by atoms with van der Waals surface area (Å²) in [6.07, 6.45) is 0. The van der Waals surface area contributed by atoms with Gasteiger partial charge < -0.3 is 15.2 Å². The Balaban J connectivity index is 2.13. The zero-order chi connectivity index (χ0) is 9.80. The fraction of sp³-hybridized carbons (Fsp3) is 0.455. The first-order valence-corrected chi connectivity index (χ1v) is 4.91. The third-order valence-corrected chi connectivity index (χ3v) is 2.46. The van der Waals surface area contributed by atoms with Crippen molar-refractivity contribution in [3.05, 3.63) is 35.4 Å². The molecule has 14 heavy (non-hydrogen) atoms. The van der Waals surface area contributed by atoms with Gasteiger partial charge in [-0.3, -0.25) is 0 Å². The van der Waals surface area contributed by atoms with Crippen LogP contribution >= 0.6 is 0 Å². The van der Waals surface area contributed by atoms with Crippen molar-refractivity contribution in [3.63, 3.8) is 0 Å². The van der Waals surface area contributed by atoms with Crippen molar-refractivity contribution in [2.45, 2.75) is 12.6 Å². The maximum absolute atomic E-state index is 9.01. The Morgan fingerprint density at radius 1 is 1.50 bits per heavy atom. The van der Waals surface area contributed by atoms with Crippen molar-refractivity contribution < 1.29 is 9.84 Å². The third kappa shape index (κ3) is 2.12. The summed E-state index contributed by atoms with van der Waals surface area (Å²) >= 11 is 0. The van der Waals surface area contributed by atoms with E-state index in [1.807, 2.05) is 18.2 Å². The Morgan fingerprint density at radius 3 is 3.14 bits per heavy atom. The van der Waals surface area contributed by atoms with Gasteiger partial charge in [0.25, 0.3) is 0 Å². The number of nitrogens with one attached hydrogen (secondary N) is 1. The Morgan fingerprint density at radius 2 is 2.43 bits per heavy atom. The molecule has 1 aliphatic heterocycles. The van der Waals surface area contributed by atoms with E-state index in [2.05, 4.69) is 11.4 Å². The highest BCUT2D eigenvalue weighted by Crippen LogP contribution is 2.16. The molecule has 2 rings (SSSR count). The quantitative estimate of drug-likeness (QED) is 0.731. The monoisotopic (exact) mass is 193 g/mol. The van der Waals surface area contributed by atoms with E-state index in [0.717, 1.165) is 25.3 Å². The summed E-state index contributed by atoms with van der Waals surface area (Å²) in [5.41, 5.74) is 2.14. The highest BCUT2D eigenvalue weighted by atomic mass is 16.5. The smallest absolute Gasteiger partial charge is 0.0681 e. The van der Waals surface area contributed by atoms with Crippen LogP contribution in [0.1, 0.15) is 17.2 Å². The number of rotatable bonds is 2. The van der Waals surface area contributed by atoms with Gasteiger partial charge in [-0.05, 0) is 11.1 Å². The number of ether oxygens (including phenoxy) is 1. The first-order chi connectivity index (χ1) is 6.90. The van der Waals surface area contributed by atoms with E-state index in [1.165, 1.54) is 5.56 Å². The molecule has 1 aromatic rings. The van der Waals surface area contributed by atoms with Gasteiger partial charge in [0.15, 0.2) is 0 Å². The van der Waals surface area contributed by atoms with Crippen molar-refractivity contribution >= 4 is 0 Å². The van der Waals surface area contributed by atoms with Gasteiger partial charge in [-0.1, -0.05) is 24.3 Å². The topological polar surface area (TPSA) is 41.5 Å². The maximum Gasteiger partial charge on any atom is 0.0681 e. The molecular weight excluding hydrogens is 178 g/mol. The Hall–Kier alpha value is -0.900. The van der Waals surface area contributed by atoms with Gasteiger partial charge in [-0.15, -0.1) is 0 Å². The van der Waals surface area contributed by atoms with Crippen LogP contribution in [-0.2, 0) is 11.3 Å². The first kappa shape index (κ1) is 9.65. The first-order valence-electron chi connectivity index (χ1n) is 4.91. The lowest BCUT2D eigenvalue weighted by atomic mass is 10.0. The molecule has 0 saturated carbocycles. The second-order valence-electron chi connectivity index (χ2n) is 3.48. The largest absolute Gasteiger partial charge is 0.392 e. The molecular formula is C11H15NO2. The molecule has 0 aromatic heterocycles. The summed E-state index contributed by atoms with van der Waals surface area (Å²) in [4.78, 5) is 0. The Labute approximate surface area is 83.7 Å². The van der Waals surface area contributed by atoms with Gasteiger partial charge in [0.05, 0.1) is 25.9 Å². The Kier molecular flexibility index (Phi) is 3.14. The summed E-state index contributed by atoms with van der Waals surface area (Å²) in [5.74, 6) is 0. The molecule has 0 radical (unpaired) electrons. The predicted octanol–water partition coefficient (Wildman–Crippen LogP) is 0.840. The van der Waals surface area contributed by atoms with E-state index in [1.54, 1.807) is 0 Å². The number of aliphatic hydroxyl groups is 1. The minimum atomic E-state index is 0.0986. The zero-order valence-electron chi connectivity index (χ0n) is 8.07. The number of morpholine rings is 1. The van der Waals surface area contributed by atoms with Crippen molar-refractivity contribution in [1.29, 1.82) is 0 Å². The van der Waals surface area contributed by atoms with Crippen molar-refractivity contribution in [2.24, 2.45) is 0 Å². The van der Waals surface area contributed by atoms with E-state index < -0.39 is 0 Å². The molecule has 3 heteroatoms. The van der Waals surface area contributed by atoms with Gasteiger partial charge in [0.2, 0.25) is 0 Å². The average Bonchev–Trinajstić information content (AvgIpc) is 2.30. The van der Waals surface area contributed by atoms with Crippen molar-refractivity contribution in [3.8, 4) is 0 Å². The highest BCUT2D eigenvalue weighted by molar-refractivity contribution is 5.25. The van der Waals surface area contributed by atoms with E-state index >= 15 is 0 Å². The zero-order valence-corrected chi connectivity index (χ0v) is 8.07. The van der Waals surface area contributed by atoms with E-state index in [-0.39, 0.29) is 12.6 Å². The molecule has 1 heterocycles. The molecule has 0 spiro atoms. The van der Waals surface area contributed by atoms with Gasteiger partial charge in [-0.25, -0.2) is 0 Å². The van der Waals surface area contributed by atoms with Crippen LogP contribution in [0.5, 0.6) is 0 Å². The molecule has 76 valence electrons. The number of hydrogen-bond acceptors (Lipinski definition) is 3. The highest BCUT2D eigenvalue weighted by Gasteiger charge is 2.14. The van der Waals surface area contributed by atoms with E-state index in [4.69, 9.17) is 9.84 Å². The SMILES string of the molecule is OCc1cccc([C@H]2COCCN2)c1. The van der Waals surface area contributed by atoms with Crippen LogP contribution in [0.25, 0.3) is 0 Å². The second-order valence-corrected chi connectivity index (χ2v) is 3.48. The van der Waals surface area contributed by atoms with Crippen LogP contribution in [0.3, 0.4) is 0 Å². The molecule has 1 aromatic carbocycles. The molecule has 1 fully saturated rings. The summed E-state index contributed by atoms with van der Waals surface area (Å²) in [6.45, 7) is 2.50. The van der Waals surface area contributed by atoms with Gasteiger partial charge in [0, 0.05) is 6.54 Å². The minimum Gasteiger partial charge on any atom is -0.392 e.